The maximum absolute atomic E-state index is 14.3. The van der Waals surface area contributed by atoms with Crippen molar-refractivity contribution in [2.24, 2.45) is 0 Å². The largest absolute Gasteiger partial charge is 0.481 e. The Bertz CT molecular complexity index is 787. The van der Waals surface area contributed by atoms with Gasteiger partial charge < -0.3 is 9.84 Å². The predicted octanol–water partition coefficient (Wildman–Crippen LogP) is 5.10. The summed E-state index contributed by atoms with van der Waals surface area (Å²) >= 11 is 11.7. The standard InChI is InChI=1S/C15H8Cl2FNO3/c1-19-10-5-9(16)6-11(7-10)22-15-12(17)3-2-8(14(15)18)4-13(20)21/h2-3,5-7H,4H2,(H,20,21). The van der Waals surface area contributed by atoms with Crippen LogP contribution in [-0.4, -0.2) is 11.1 Å². The summed E-state index contributed by atoms with van der Waals surface area (Å²) in [6.07, 6.45) is -0.498. The van der Waals surface area contributed by atoms with Crippen LogP contribution in [0.25, 0.3) is 4.85 Å². The first-order chi connectivity index (χ1) is 10.4. The summed E-state index contributed by atoms with van der Waals surface area (Å²) in [5.74, 6) is -2.21. The SMILES string of the molecule is [C-]#[N+]c1cc(Cl)cc(Oc2c(Cl)ccc(CC(=O)O)c2F)c1. The van der Waals surface area contributed by atoms with Gasteiger partial charge in [-0.05, 0) is 24.3 Å². The van der Waals surface area contributed by atoms with E-state index in [2.05, 4.69) is 4.85 Å². The third-order valence-corrected chi connectivity index (χ3v) is 3.19. The number of carbonyl (C=O) groups is 1. The predicted molar refractivity (Wildman–Crippen MR) is 80.5 cm³/mol. The zero-order valence-corrected chi connectivity index (χ0v) is 12.5. The third-order valence-electron chi connectivity index (χ3n) is 2.68. The molecule has 0 aliphatic heterocycles. The fourth-order valence-corrected chi connectivity index (χ4v) is 2.16. The lowest BCUT2D eigenvalue weighted by atomic mass is 10.1. The highest BCUT2D eigenvalue weighted by Gasteiger charge is 2.17. The van der Waals surface area contributed by atoms with E-state index in [0.29, 0.717) is 0 Å². The summed E-state index contributed by atoms with van der Waals surface area (Å²) in [7, 11) is 0. The van der Waals surface area contributed by atoms with Crippen LogP contribution in [0.5, 0.6) is 11.5 Å². The fraction of sp³-hybridized carbons (Fsp3) is 0.0667. The number of benzene rings is 2. The summed E-state index contributed by atoms with van der Waals surface area (Å²) in [4.78, 5) is 13.9. The second-order valence-corrected chi connectivity index (χ2v) is 5.12. The molecule has 0 aromatic heterocycles. The number of carboxylic acid groups (broad SMARTS) is 1. The molecule has 0 radical (unpaired) electrons. The maximum Gasteiger partial charge on any atom is 0.307 e. The van der Waals surface area contributed by atoms with E-state index in [4.69, 9.17) is 39.6 Å². The van der Waals surface area contributed by atoms with Gasteiger partial charge in [-0.2, -0.15) is 0 Å². The van der Waals surface area contributed by atoms with Gasteiger partial charge in [0, 0.05) is 10.6 Å². The topological polar surface area (TPSA) is 50.9 Å². The van der Waals surface area contributed by atoms with Gasteiger partial charge in [-0.1, -0.05) is 29.3 Å². The fourth-order valence-electron chi connectivity index (χ4n) is 1.76. The molecule has 0 aliphatic rings. The van der Waals surface area contributed by atoms with E-state index in [0.717, 1.165) is 0 Å². The van der Waals surface area contributed by atoms with E-state index in [9.17, 15) is 9.18 Å². The minimum absolute atomic E-state index is 0.0176. The van der Waals surface area contributed by atoms with Gasteiger partial charge in [0.25, 0.3) is 0 Å². The number of hydrogen-bond acceptors (Lipinski definition) is 2. The molecule has 0 unspecified atom stereocenters. The molecule has 0 saturated heterocycles. The maximum atomic E-state index is 14.3. The smallest absolute Gasteiger partial charge is 0.307 e. The molecule has 0 aliphatic carbocycles. The van der Waals surface area contributed by atoms with Gasteiger partial charge in [-0.15, -0.1) is 0 Å². The van der Waals surface area contributed by atoms with Crippen molar-refractivity contribution in [1.82, 2.24) is 0 Å². The zero-order chi connectivity index (χ0) is 16.3. The summed E-state index contributed by atoms with van der Waals surface area (Å²) < 4.78 is 19.7. The van der Waals surface area contributed by atoms with Crippen molar-refractivity contribution < 1.29 is 19.0 Å². The van der Waals surface area contributed by atoms with Crippen LogP contribution in [0, 0.1) is 12.4 Å². The van der Waals surface area contributed by atoms with Gasteiger partial charge in [-0.25, -0.2) is 9.24 Å². The molecule has 0 saturated carbocycles. The third kappa shape index (κ3) is 3.67. The van der Waals surface area contributed by atoms with Gasteiger partial charge in [0.2, 0.25) is 0 Å². The summed E-state index contributed by atoms with van der Waals surface area (Å²) in [6.45, 7) is 6.96. The number of nitrogens with zero attached hydrogens (tertiary/aromatic N) is 1. The number of carboxylic acids is 1. The summed E-state index contributed by atoms with van der Waals surface area (Å²) in [5.41, 5.74) is 0.167. The van der Waals surface area contributed by atoms with Crippen LogP contribution in [0.4, 0.5) is 10.1 Å². The highest BCUT2D eigenvalue weighted by molar-refractivity contribution is 6.32. The molecule has 0 bridgehead atoms. The van der Waals surface area contributed by atoms with Gasteiger partial charge in [0.1, 0.15) is 5.75 Å². The number of halogens is 3. The molecule has 0 fully saturated rings. The van der Waals surface area contributed by atoms with Crippen LogP contribution in [0.1, 0.15) is 5.56 Å². The lowest BCUT2D eigenvalue weighted by Crippen LogP contribution is -2.03. The normalized spacial score (nSPS) is 10.1. The number of aliphatic carboxylic acids is 1. The number of hydrogen-bond donors (Lipinski definition) is 1. The molecule has 7 heteroatoms. The Balaban J connectivity index is 2.43. The first-order valence-electron chi connectivity index (χ1n) is 5.95. The van der Waals surface area contributed by atoms with Crippen molar-refractivity contribution in [2.45, 2.75) is 6.42 Å². The number of ether oxygens (including phenoxy) is 1. The Morgan fingerprint density at radius 3 is 2.68 bits per heavy atom. The lowest BCUT2D eigenvalue weighted by Gasteiger charge is -2.11. The average Bonchev–Trinajstić information content (AvgIpc) is 2.45. The highest BCUT2D eigenvalue weighted by Crippen LogP contribution is 2.36. The first-order valence-corrected chi connectivity index (χ1v) is 6.71. The molecule has 22 heavy (non-hydrogen) atoms. The molecular formula is C15H8Cl2FNO3. The van der Waals surface area contributed by atoms with Gasteiger partial charge in [0.15, 0.2) is 17.3 Å². The Labute approximate surface area is 135 Å². The average molecular weight is 340 g/mol. The van der Waals surface area contributed by atoms with Gasteiger partial charge >= 0.3 is 5.97 Å². The quantitative estimate of drug-likeness (QED) is 0.788. The Morgan fingerprint density at radius 1 is 1.32 bits per heavy atom. The number of rotatable bonds is 4. The minimum Gasteiger partial charge on any atom is -0.481 e. The van der Waals surface area contributed by atoms with Crippen molar-refractivity contribution in [3.63, 3.8) is 0 Å². The van der Waals surface area contributed by atoms with E-state index >= 15 is 0 Å². The first kappa shape index (κ1) is 16.1. The van der Waals surface area contributed by atoms with Crippen LogP contribution in [0.3, 0.4) is 0 Å². The van der Waals surface area contributed by atoms with Crippen LogP contribution in [-0.2, 0) is 11.2 Å². The van der Waals surface area contributed by atoms with Gasteiger partial charge in [0.05, 0.1) is 18.0 Å². The second kappa shape index (κ2) is 6.65. The zero-order valence-electron chi connectivity index (χ0n) is 10.9. The monoisotopic (exact) mass is 339 g/mol. The van der Waals surface area contributed by atoms with Gasteiger partial charge in [-0.3, -0.25) is 4.79 Å². The van der Waals surface area contributed by atoms with Crippen molar-refractivity contribution in [1.29, 1.82) is 0 Å². The lowest BCUT2D eigenvalue weighted by molar-refractivity contribution is -0.136. The molecule has 0 heterocycles. The molecular weight excluding hydrogens is 332 g/mol. The summed E-state index contributed by atoms with van der Waals surface area (Å²) in [5, 5.41) is 8.99. The summed E-state index contributed by atoms with van der Waals surface area (Å²) in [6, 6.07) is 6.83. The molecule has 2 rings (SSSR count). The van der Waals surface area contributed by atoms with E-state index < -0.39 is 18.2 Å². The van der Waals surface area contributed by atoms with Crippen LogP contribution < -0.4 is 4.74 Å². The van der Waals surface area contributed by atoms with E-state index in [1.165, 1.54) is 30.3 Å². The van der Waals surface area contributed by atoms with Crippen molar-refractivity contribution in [3.8, 4) is 11.5 Å². The van der Waals surface area contributed by atoms with Crippen LogP contribution in [0.2, 0.25) is 10.0 Å². The van der Waals surface area contributed by atoms with Crippen molar-refractivity contribution >= 4 is 34.9 Å². The van der Waals surface area contributed by atoms with Crippen molar-refractivity contribution in [3.05, 3.63) is 63.2 Å². The second-order valence-electron chi connectivity index (χ2n) is 4.28. The molecule has 0 atom stereocenters. The van der Waals surface area contributed by atoms with E-state index in [-0.39, 0.29) is 32.8 Å². The minimum atomic E-state index is -1.18. The van der Waals surface area contributed by atoms with E-state index in [1.54, 1.807) is 0 Å². The highest BCUT2D eigenvalue weighted by atomic mass is 35.5. The molecule has 0 spiro atoms. The Morgan fingerprint density at radius 2 is 2.05 bits per heavy atom. The molecule has 2 aromatic carbocycles. The molecule has 0 amide bonds. The molecule has 4 nitrogen and oxygen atoms in total. The molecule has 112 valence electrons. The molecule has 1 N–H and O–H groups in total. The van der Waals surface area contributed by atoms with Crippen LogP contribution in [0.15, 0.2) is 30.3 Å². The Kier molecular flexibility index (Phi) is 4.86. The van der Waals surface area contributed by atoms with Crippen molar-refractivity contribution in [2.75, 3.05) is 0 Å². The Hall–Kier alpha value is -2.29. The van der Waals surface area contributed by atoms with E-state index in [1.807, 2.05) is 0 Å². The van der Waals surface area contributed by atoms with Crippen LogP contribution >= 0.6 is 23.2 Å². The molecule has 2 aromatic rings.